The van der Waals surface area contributed by atoms with Gasteiger partial charge in [-0.25, -0.2) is 9.11 Å². The Balaban J connectivity index is 1.78. The molecule has 0 bridgehead atoms. The number of amides is 2. The highest BCUT2D eigenvalue weighted by Gasteiger charge is 2.43. The SMILES string of the molecule is C=S(=O)(Nc1ccc(Cl)c2c1C(=O)N(c1c[n+](O)cc(O)c1CC)C2=O)c1ccc(C(C)(C)C)cc1. The number of carbonyl (C=O) groups is 2. The molecule has 0 fully saturated rings. The predicted molar refractivity (Wildman–Crippen MR) is 140 cm³/mol. The second-order valence-electron chi connectivity index (χ2n) is 9.58. The predicted octanol–water partition coefficient (Wildman–Crippen LogP) is 4.33. The topological polar surface area (TPSA) is 111 Å². The van der Waals surface area contributed by atoms with Crippen molar-refractivity contribution in [3.8, 4) is 5.75 Å². The third kappa shape index (κ3) is 4.29. The summed E-state index contributed by atoms with van der Waals surface area (Å²) >= 11 is 6.32. The highest BCUT2D eigenvalue weighted by molar-refractivity contribution is 8.01. The molecule has 2 heterocycles. The van der Waals surface area contributed by atoms with Gasteiger partial charge >= 0.3 is 0 Å². The van der Waals surface area contributed by atoms with E-state index < -0.39 is 21.5 Å². The Hall–Kier alpha value is -3.56. The quantitative estimate of drug-likeness (QED) is 0.197. The zero-order chi connectivity index (χ0) is 26.6. The van der Waals surface area contributed by atoms with Gasteiger partial charge in [0.1, 0.15) is 5.69 Å². The van der Waals surface area contributed by atoms with Crippen LogP contribution in [0.5, 0.6) is 5.75 Å². The number of aromatic hydroxyl groups is 1. The summed E-state index contributed by atoms with van der Waals surface area (Å²) in [5.74, 6) is 2.11. The van der Waals surface area contributed by atoms with Crippen LogP contribution in [-0.4, -0.2) is 32.2 Å². The Bertz CT molecular complexity index is 1510. The van der Waals surface area contributed by atoms with Crippen LogP contribution in [0.3, 0.4) is 0 Å². The summed E-state index contributed by atoms with van der Waals surface area (Å²) in [6.07, 6.45) is 2.50. The van der Waals surface area contributed by atoms with Crippen molar-refractivity contribution in [2.75, 3.05) is 9.62 Å². The fourth-order valence-electron chi connectivity index (χ4n) is 4.17. The van der Waals surface area contributed by atoms with Gasteiger partial charge in [0.15, 0.2) is 5.75 Å². The largest absolute Gasteiger partial charge is 0.502 e. The maximum absolute atomic E-state index is 13.6. The van der Waals surface area contributed by atoms with Crippen LogP contribution in [0, 0.1) is 0 Å². The fourth-order valence-corrected chi connectivity index (χ4v) is 5.63. The van der Waals surface area contributed by atoms with Gasteiger partial charge in [-0.3, -0.25) is 14.8 Å². The van der Waals surface area contributed by atoms with E-state index in [2.05, 4.69) is 31.4 Å². The van der Waals surface area contributed by atoms with Gasteiger partial charge in [0.05, 0.1) is 31.5 Å². The molecule has 0 saturated heterocycles. The lowest BCUT2D eigenvalue weighted by molar-refractivity contribution is -0.904. The maximum Gasteiger partial charge on any atom is 0.268 e. The standard InChI is InChI=1S/C26H26ClN3O5S/c1-6-17-20(13-29(34)14-21(17)31)30-24(32)22-18(27)11-12-19(23(22)25(30)33)28-36(5,35)16-9-7-15(8-10-16)26(2,3)4/h7-14H,5-6H2,1-4H3,(H2-,28,31,33,34,35)/p+1. The Morgan fingerprint density at radius 2 is 1.67 bits per heavy atom. The summed E-state index contributed by atoms with van der Waals surface area (Å²) in [6.45, 7) is 7.95. The Kier molecular flexibility index (Phi) is 6.26. The average Bonchev–Trinajstić information content (AvgIpc) is 3.05. The molecule has 10 heteroatoms. The van der Waals surface area contributed by atoms with Crippen molar-refractivity contribution in [2.45, 2.75) is 44.4 Å². The van der Waals surface area contributed by atoms with Gasteiger partial charge < -0.3 is 9.83 Å². The zero-order valence-electron chi connectivity index (χ0n) is 20.3. The number of hydrogen-bond donors (Lipinski definition) is 3. The second-order valence-corrected chi connectivity index (χ2v) is 12.0. The van der Waals surface area contributed by atoms with E-state index in [9.17, 15) is 24.1 Å². The van der Waals surface area contributed by atoms with E-state index in [1.165, 1.54) is 12.1 Å². The van der Waals surface area contributed by atoms with E-state index in [1.807, 2.05) is 12.1 Å². The molecular formula is C26H27ClN3O5S+. The number of nitrogens with zero attached hydrogens (tertiary/aromatic N) is 2. The fraction of sp³-hybridized carbons (Fsp3) is 0.231. The number of carbonyl (C=O) groups excluding carboxylic acids is 2. The highest BCUT2D eigenvalue weighted by atomic mass is 35.5. The molecule has 0 aliphatic carbocycles. The normalized spacial score (nSPS) is 15.1. The minimum Gasteiger partial charge on any atom is -0.502 e. The summed E-state index contributed by atoms with van der Waals surface area (Å²) in [7, 11) is -3.12. The second kappa shape index (κ2) is 8.83. The minimum absolute atomic E-state index is 0.0151. The van der Waals surface area contributed by atoms with Gasteiger partial charge in [0.25, 0.3) is 18.0 Å². The van der Waals surface area contributed by atoms with Crippen LogP contribution < -0.4 is 14.4 Å². The zero-order valence-corrected chi connectivity index (χ0v) is 21.9. The van der Waals surface area contributed by atoms with Crippen LogP contribution in [-0.2, 0) is 21.5 Å². The molecule has 3 aromatic rings. The van der Waals surface area contributed by atoms with Gasteiger partial charge in [-0.2, -0.15) is 0 Å². The Morgan fingerprint density at radius 1 is 1.06 bits per heavy atom. The Morgan fingerprint density at radius 3 is 2.25 bits per heavy atom. The smallest absolute Gasteiger partial charge is 0.268 e. The number of halogens is 1. The molecule has 0 saturated carbocycles. The number of hydrogen-bond acceptors (Lipinski definition) is 5. The molecule has 2 aromatic carbocycles. The first-order chi connectivity index (χ1) is 16.8. The number of pyridine rings is 1. The monoisotopic (exact) mass is 528 g/mol. The molecule has 1 aliphatic rings. The molecule has 8 nitrogen and oxygen atoms in total. The first-order valence-electron chi connectivity index (χ1n) is 11.2. The molecule has 3 N–H and O–H groups in total. The first kappa shape index (κ1) is 25.5. The van der Waals surface area contributed by atoms with E-state index in [0.29, 0.717) is 15.2 Å². The molecule has 1 atom stereocenters. The van der Waals surface area contributed by atoms with Crippen LogP contribution >= 0.6 is 11.6 Å². The Labute approximate surface area is 214 Å². The highest BCUT2D eigenvalue weighted by Crippen LogP contribution is 2.39. The molecule has 0 radical (unpaired) electrons. The van der Waals surface area contributed by atoms with Crippen LogP contribution in [0.2, 0.25) is 5.02 Å². The van der Waals surface area contributed by atoms with Gasteiger partial charge in [-0.1, -0.05) is 51.4 Å². The van der Waals surface area contributed by atoms with Crippen molar-refractivity contribution in [1.29, 1.82) is 0 Å². The number of aromatic nitrogens is 1. The molecule has 1 aromatic heterocycles. The summed E-state index contributed by atoms with van der Waals surface area (Å²) in [5.41, 5.74) is 1.28. The maximum atomic E-state index is 13.6. The van der Waals surface area contributed by atoms with Gasteiger partial charge in [0.2, 0.25) is 6.20 Å². The van der Waals surface area contributed by atoms with Crippen molar-refractivity contribution < 1.29 is 28.8 Å². The molecule has 2 amide bonds. The lowest BCUT2D eigenvalue weighted by Crippen LogP contribution is -2.36. The van der Waals surface area contributed by atoms with E-state index in [0.717, 1.165) is 22.9 Å². The van der Waals surface area contributed by atoms with Crippen LogP contribution in [0.4, 0.5) is 11.4 Å². The van der Waals surface area contributed by atoms with Crippen molar-refractivity contribution in [3.63, 3.8) is 0 Å². The summed E-state index contributed by atoms with van der Waals surface area (Å²) in [6, 6.07) is 10.1. The summed E-state index contributed by atoms with van der Waals surface area (Å²) in [5, 5.41) is 20.2. The van der Waals surface area contributed by atoms with Crippen molar-refractivity contribution in [3.05, 3.63) is 76.1 Å². The number of rotatable bonds is 5. The van der Waals surface area contributed by atoms with E-state index >= 15 is 0 Å². The number of fused-ring (bicyclic) bond motifs is 1. The number of benzene rings is 2. The van der Waals surface area contributed by atoms with Gasteiger partial charge in [-0.15, -0.1) is 0 Å². The molecule has 1 aliphatic heterocycles. The lowest BCUT2D eigenvalue weighted by Gasteiger charge is -2.20. The van der Waals surface area contributed by atoms with E-state index in [1.54, 1.807) is 19.1 Å². The lowest BCUT2D eigenvalue weighted by atomic mass is 9.87. The molecule has 4 rings (SSSR count). The number of imide groups is 1. The average molecular weight is 529 g/mol. The van der Waals surface area contributed by atoms with Crippen LogP contribution in [0.15, 0.2) is 53.7 Å². The number of nitrogens with one attached hydrogen (secondary N) is 1. The number of anilines is 2. The van der Waals surface area contributed by atoms with Crippen molar-refractivity contribution in [2.24, 2.45) is 0 Å². The molecule has 188 valence electrons. The van der Waals surface area contributed by atoms with Crippen LogP contribution in [0.25, 0.3) is 0 Å². The molecule has 0 spiro atoms. The third-order valence-corrected chi connectivity index (χ3v) is 7.98. The summed E-state index contributed by atoms with van der Waals surface area (Å²) < 4.78 is 17.0. The first-order valence-corrected chi connectivity index (χ1v) is 13.3. The molecule has 1 unspecified atom stereocenters. The molecular weight excluding hydrogens is 502 g/mol. The van der Waals surface area contributed by atoms with Crippen LogP contribution in [0.1, 0.15) is 59.5 Å². The van der Waals surface area contributed by atoms with Gasteiger partial charge in [0, 0.05) is 15.2 Å². The molecule has 36 heavy (non-hydrogen) atoms. The van der Waals surface area contributed by atoms with Crippen molar-refractivity contribution >= 4 is 50.4 Å². The van der Waals surface area contributed by atoms with Gasteiger partial charge in [-0.05, 0) is 47.5 Å². The van der Waals surface area contributed by atoms with E-state index in [4.69, 9.17) is 11.6 Å². The third-order valence-electron chi connectivity index (χ3n) is 6.09. The minimum atomic E-state index is -3.12. The summed E-state index contributed by atoms with van der Waals surface area (Å²) in [4.78, 5) is 28.2. The van der Waals surface area contributed by atoms with E-state index in [-0.39, 0.29) is 45.1 Å². The van der Waals surface area contributed by atoms with Crippen molar-refractivity contribution in [1.82, 2.24) is 0 Å².